The average molecular weight is 448 g/mol. The molecule has 0 heterocycles. The first-order valence-electron chi connectivity index (χ1n) is 12.4. The average Bonchev–Trinajstić information content (AvgIpc) is 2.46. The van der Waals surface area contributed by atoms with Crippen LogP contribution in [0.2, 0.25) is 0 Å². The summed E-state index contributed by atoms with van der Waals surface area (Å²) in [6.45, 7) is 13.4. The summed E-state index contributed by atoms with van der Waals surface area (Å²) in [6.07, 6.45) is 18.7. The number of hydrogen-bond donors (Lipinski definition) is 0. The first-order valence-corrected chi connectivity index (χ1v) is 13.6. The van der Waals surface area contributed by atoms with Crippen LogP contribution in [0.15, 0.2) is 0 Å². The molecule has 1 heteroatoms. The lowest BCUT2D eigenvalue weighted by Gasteiger charge is -2.79. The highest BCUT2D eigenvalue weighted by Gasteiger charge is 2.74. The highest BCUT2D eigenvalue weighted by molar-refractivity contribution is 9.09. The molecule has 158 valence electrons. The third kappa shape index (κ3) is 2.30. The van der Waals surface area contributed by atoms with E-state index in [9.17, 15) is 0 Å². The second-order valence-electron chi connectivity index (χ2n) is 15.3. The molecular formula is C27H43Br. The van der Waals surface area contributed by atoms with Crippen molar-refractivity contribution in [3.63, 3.8) is 0 Å². The van der Waals surface area contributed by atoms with Crippen molar-refractivity contribution in [1.82, 2.24) is 0 Å². The quantitative estimate of drug-likeness (QED) is 0.381. The molecule has 8 rings (SSSR count). The van der Waals surface area contributed by atoms with E-state index < -0.39 is 0 Å². The number of halogens is 1. The zero-order valence-electron chi connectivity index (χ0n) is 19.2. The van der Waals surface area contributed by atoms with Crippen LogP contribution in [0.4, 0.5) is 0 Å². The normalized spacial score (nSPS) is 65.1. The molecule has 8 aliphatic rings. The van der Waals surface area contributed by atoms with Crippen molar-refractivity contribution in [2.75, 3.05) is 5.33 Å². The van der Waals surface area contributed by atoms with E-state index in [4.69, 9.17) is 0 Å². The maximum absolute atomic E-state index is 3.94. The summed E-state index contributed by atoms with van der Waals surface area (Å²) in [6, 6.07) is 0. The molecule has 0 N–H and O–H groups in total. The van der Waals surface area contributed by atoms with Crippen LogP contribution in [-0.4, -0.2) is 5.33 Å². The Kier molecular flexibility index (Phi) is 3.49. The molecule has 8 aliphatic carbocycles. The van der Waals surface area contributed by atoms with Gasteiger partial charge in [-0.3, -0.25) is 0 Å². The Morgan fingerprint density at radius 3 is 1.64 bits per heavy atom. The van der Waals surface area contributed by atoms with Crippen LogP contribution in [0.3, 0.4) is 0 Å². The minimum Gasteiger partial charge on any atom is -0.0925 e. The fraction of sp³-hybridized carbons (Fsp3) is 1.00. The molecule has 5 atom stereocenters. The van der Waals surface area contributed by atoms with E-state index in [0.29, 0.717) is 37.9 Å². The van der Waals surface area contributed by atoms with Crippen LogP contribution in [0, 0.1) is 49.7 Å². The Balaban J connectivity index is 1.50. The monoisotopic (exact) mass is 446 g/mol. The molecule has 0 nitrogen and oxygen atoms in total. The summed E-state index contributed by atoms with van der Waals surface area (Å²) in [5, 5.41) is 1.21. The molecule has 0 aromatic heterocycles. The number of alkyl halides is 1. The number of hydrogen-bond acceptors (Lipinski definition) is 0. The highest BCUT2D eigenvalue weighted by atomic mass is 79.9. The lowest BCUT2D eigenvalue weighted by molar-refractivity contribution is -0.289. The van der Waals surface area contributed by atoms with Gasteiger partial charge in [-0.05, 0) is 127 Å². The van der Waals surface area contributed by atoms with Crippen molar-refractivity contribution in [3.05, 3.63) is 0 Å². The Morgan fingerprint density at radius 2 is 1.14 bits per heavy atom. The summed E-state index contributed by atoms with van der Waals surface area (Å²) >= 11 is 3.94. The third-order valence-electron chi connectivity index (χ3n) is 11.7. The van der Waals surface area contributed by atoms with Crippen molar-refractivity contribution < 1.29 is 0 Å². The molecule has 0 aromatic rings. The minimum absolute atomic E-state index is 0.616. The van der Waals surface area contributed by atoms with Gasteiger partial charge in [0.2, 0.25) is 0 Å². The fourth-order valence-electron chi connectivity index (χ4n) is 13.1. The second-order valence-corrected chi connectivity index (χ2v) is 15.9. The van der Waals surface area contributed by atoms with Crippen molar-refractivity contribution in [2.45, 2.75) is 112 Å². The van der Waals surface area contributed by atoms with Gasteiger partial charge in [-0.1, -0.05) is 50.5 Å². The van der Waals surface area contributed by atoms with Crippen LogP contribution in [0.1, 0.15) is 112 Å². The molecule has 0 saturated heterocycles. The van der Waals surface area contributed by atoms with Crippen LogP contribution >= 0.6 is 15.9 Å². The van der Waals surface area contributed by atoms with Gasteiger partial charge in [0.15, 0.2) is 0 Å². The van der Waals surface area contributed by atoms with Gasteiger partial charge in [0.25, 0.3) is 0 Å². The molecule has 5 unspecified atom stereocenters. The lowest BCUT2D eigenvalue weighted by Crippen LogP contribution is -2.69. The molecule has 28 heavy (non-hydrogen) atoms. The van der Waals surface area contributed by atoms with E-state index in [1.807, 2.05) is 0 Å². The zero-order chi connectivity index (χ0) is 19.8. The van der Waals surface area contributed by atoms with Gasteiger partial charge < -0.3 is 0 Å². The minimum atomic E-state index is 0.616. The molecule has 0 aliphatic heterocycles. The van der Waals surface area contributed by atoms with Crippen LogP contribution in [0.25, 0.3) is 0 Å². The molecule has 8 saturated carbocycles. The molecule has 0 aromatic carbocycles. The Labute approximate surface area is 182 Å². The van der Waals surface area contributed by atoms with Gasteiger partial charge in [0.05, 0.1) is 0 Å². The standard InChI is InChI=1S/C27H43Br/c1-19(9-28)25-12-23(4)11-24(5,13-25)17-27(16-23,18-25)26-8-20-6-21(2,14-26)10-22(3,7-20)15-26/h19-20H,6-18H2,1-5H3. The van der Waals surface area contributed by atoms with E-state index in [0.717, 1.165) is 11.8 Å². The smallest absolute Gasteiger partial charge is 0.00623 e. The molecule has 8 fully saturated rings. The van der Waals surface area contributed by atoms with Gasteiger partial charge in [0.1, 0.15) is 0 Å². The molecule has 0 amide bonds. The van der Waals surface area contributed by atoms with Gasteiger partial charge in [-0.15, -0.1) is 0 Å². The van der Waals surface area contributed by atoms with E-state index in [2.05, 4.69) is 50.5 Å². The lowest BCUT2D eigenvalue weighted by atomic mass is 9.26. The molecular weight excluding hydrogens is 404 g/mol. The zero-order valence-corrected chi connectivity index (χ0v) is 20.8. The van der Waals surface area contributed by atoms with E-state index in [1.165, 1.54) is 31.0 Å². The fourth-order valence-corrected chi connectivity index (χ4v) is 13.8. The van der Waals surface area contributed by atoms with Crippen LogP contribution < -0.4 is 0 Å². The topological polar surface area (TPSA) is 0 Å². The van der Waals surface area contributed by atoms with Crippen molar-refractivity contribution >= 4 is 15.9 Å². The maximum atomic E-state index is 3.94. The van der Waals surface area contributed by atoms with Gasteiger partial charge in [-0.25, -0.2) is 0 Å². The summed E-state index contributed by atoms with van der Waals surface area (Å²) in [7, 11) is 0. The Hall–Kier alpha value is 0.480. The third-order valence-corrected chi connectivity index (χ3v) is 12.6. The second kappa shape index (κ2) is 5.10. The predicted molar refractivity (Wildman–Crippen MR) is 122 cm³/mol. The van der Waals surface area contributed by atoms with Crippen molar-refractivity contribution in [3.8, 4) is 0 Å². The maximum Gasteiger partial charge on any atom is 0.00623 e. The molecule has 0 spiro atoms. The predicted octanol–water partition coefficient (Wildman–Crippen LogP) is 8.38. The van der Waals surface area contributed by atoms with Gasteiger partial charge in [-0.2, -0.15) is 0 Å². The van der Waals surface area contributed by atoms with Crippen LogP contribution in [-0.2, 0) is 0 Å². The van der Waals surface area contributed by atoms with Gasteiger partial charge >= 0.3 is 0 Å². The van der Waals surface area contributed by atoms with Crippen molar-refractivity contribution in [1.29, 1.82) is 0 Å². The first-order chi connectivity index (χ1) is 12.9. The molecule has 8 bridgehead atoms. The van der Waals surface area contributed by atoms with E-state index >= 15 is 0 Å². The Morgan fingerprint density at radius 1 is 0.643 bits per heavy atom. The largest absolute Gasteiger partial charge is 0.0925 e. The first kappa shape index (κ1) is 19.2. The number of rotatable bonds is 3. The summed E-state index contributed by atoms with van der Waals surface area (Å²) in [4.78, 5) is 0. The van der Waals surface area contributed by atoms with Crippen LogP contribution in [0.5, 0.6) is 0 Å². The van der Waals surface area contributed by atoms with E-state index in [1.54, 1.807) is 51.4 Å². The summed E-state index contributed by atoms with van der Waals surface area (Å²) in [5.41, 5.74) is 4.50. The summed E-state index contributed by atoms with van der Waals surface area (Å²) in [5.74, 6) is 1.89. The van der Waals surface area contributed by atoms with Crippen molar-refractivity contribution in [2.24, 2.45) is 49.7 Å². The van der Waals surface area contributed by atoms with Gasteiger partial charge in [0, 0.05) is 5.33 Å². The Bertz CT molecular complexity index is 684. The SMILES string of the molecule is CC(CBr)C12CC3(C)CC(C)(C1)CC(C14CC5CC(C)(CC(C)(C5)C1)C4)(C3)C2. The highest BCUT2D eigenvalue weighted by Crippen LogP contribution is 2.84. The molecule has 0 radical (unpaired) electrons. The summed E-state index contributed by atoms with van der Waals surface area (Å²) < 4.78 is 0. The van der Waals surface area contributed by atoms with E-state index in [-0.39, 0.29) is 0 Å².